The van der Waals surface area contributed by atoms with Crippen LogP contribution in [0.15, 0.2) is 54.6 Å². The molecule has 2 aromatic rings. The maximum atomic E-state index is 15.2. The highest BCUT2D eigenvalue weighted by atomic mass is 35.5. The molecule has 2 fully saturated rings. The fourth-order valence-corrected chi connectivity index (χ4v) is 4.01. The van der Waals surface area contributed by atoms with E-state index in [1.165, 1.54) is 5.56 Å². The smallest absolute Gasteiger partial charge is 0.410 e. The van der Waals surface area contributed by atoms with Crippen molar-refractivity contribution in [3.63, 3.8) is 0 Å². The number of carbonyl (C=O) groups excluding carboxylic acids is 1. The van der Waals surface area contributed by atoms with Crippen LogP contribution < -0.4 is 5.32 Å². The topological polar surface area (TPSA) is 41.6 Å². The summed E-state index contributed by atoms with van der Waals surface area (Å²) in [5.74, 6) is 0.489. The van der Waals surface area contributed by atoms with Crippen LogP contribution in [0.5, 0.6) is 0 Å². The van der Waals surface area contributed by atoms with Crippen molar-refractivity contribution in [2.24, 2.45) is 0 Å². The first-order chi connectivity index (χ1) is 14.0. The van der Waals surface area contributed by atoms with Crippen molar-refractivity contribution in [3.05, 3.63) is 70.7 Å². The number of likely N-dealkylation sites (tertiary alicyclic amines) is 1. The molecule has 4 rings (SSSR count). The van der Waals surface area contributed by atoms with E-state index in [4.69, 9.17) is 16.3 Å². The van der Waals surface area contributed by atoms with Crippen LogP contribution in [0.2, 0.25) is 5.02 Å². The van der Waals surface area contributed by atoms with Gasteiger partial charge in [-0.05, 0) is 29.7 Å². The van der Waals surface area contributed by atoms with Crippen molar-refractivity contribution in [1.29, 1.82) is 0 Å². The molecule has 1 aliphatic carbocycles. The zero-order valence-electron chi connectivity index (χ0n) is 16.3. The Hall–Kier alpha value is -2.11. The number of benzene rings is 2. The molecule has 1 saturated carbocycles. The standard InChI is InChI=1S/C23H26ClFN2O2/c24-19-8-6-17(7-9-19)15-29-22(28)27-12-10-23(25,11-13-27)16-26-21-14-20(21)18-4-2-1-3-5-18/h1-9,20-21,26H,10-16H2/t20-,21+/m0/s1. The van der Waals surface area contributed by atoms with Gasteiger partial charge in [0.25, 0.3) is 0 Å². The Morgan fingerprint density at radius 2 is 1.83 bits per heavy atom. The maximum Gasteiger partial charge on any atom is 0.410 e. The molecule has 0 unspecified atom stereocenters. The number of hydrogen-bond acceptors (Lipinski definition) is 3. The number of halogens is 2. The zero-order chi connectivity index (χ0) is 20.3. The number of carbonyl (C=O) groups is 1. The van der Waals surface area contributed by atoms with Gasteiger partial charge in [-0.25, -0.2) is 9.18 Å². The quantitative estimate of drug-likeness (QED) is 0.726. The fourth-order valence-electron chi connectivity index (χ4n) is 3.89. The highest BCUT2D eigenvalue weighted by Crippen LogP contribution is 2.41. The van der Waals surface area contributed by atoms with E-state index in [0.29, 0.717) is 49.5 Å². The van der Waals surface area contributed by atoms with Crippen molar-refractivity contribution in [2.45, 2.75) is 43.5 Å². The molecule has 0 aromatic heterocycles. The molecule has 1 N–H and O–H groups in total. The van der Waals surface area contributed by atoms with E-state index in [2.05, 4.69) is 17.4 Å². The highest BCUT2D eigenvalue weighted by molar-refractivity contribution is 6.30. The average molecular weight is 417 g/mol. The SMILES string of the molecule is O=C(OCc1ccc(Cl)cc1)N1CCC(F)(CN[C@@H]2C[C@H]2c2ccccc2)CC1. The lowest BCUT2D eigenvalue weighted by atomic mass is 9.93. The second kappa shape index (κ2) is 8.72. The Labute approximate surface area is 176 Å². The summed E-state index contributed by atoms with van der Waals surface area (Å²) in [6.45, 7) is 1.29. The lowest BCUT2D eigenvalue weighted by molar-refractivity contribution is 0.0408. The van der Waals surface area contributed by atoms with Gasteiger partial charge < -0.3 is 15.0 Å². The summed E-state index contributed by atoms with van der Waals surface area (Å²) in [5, 5.41) is 4.03. The van der Waals surface area contributed by atoms with Crippen molar-refractivity contribution in [2.75, 3.05) is 19.6 Å². The van der Waals surface area contributed by atoms with Crippen LogP contribution >= 0.6 is 11.6 Å². The molecule has 4 nitrogen and oxygen atoms in total. The molecule has 2 atom stereocenters. The molecule has 1 amide bonds. The van der Waals surface area contributed by atoms with Crippen LogP contribution in [0.4, 0.5) is 9.18 Å². The fraction of sp³-hybridized carbons (Fsp3) is 0.435. The van der Waals surface area contributed by atoms with Gasteiger partial charge in [0.15, 0.2) is 0 Å². The summed E-state index contributed by atoms with van der Waals surface area (Å²) in [6.07, 6.45) is 1.34. The molecule has 2 aliphatic rings. The molecular formula is C23H26ClFN2O2. The lowest BCUT2D eigenvalue weighted by Gasteiger charge is -2.36. The third-order valence-electron chi connectivity index (χ3n) is 5.89. The van der Waals surface area contributed by atoms with Crippen LogP contribution in [0.3, 0.4) is 0 Å². The summed E-state index contributed by atoms with van der Waals surface area (Å²) in [7, 11) is 0. The molecular weight excluding hydrogens is 391 g/mol. The normalized spacial score (nSPS) is 22.9. The van der Waals surface area contributed by atoms with Crippen LogP contribution in [0.1, 0.15) is 36.3 Å². The summed E-state index contributed by atoms with van der Waals surface area (Å²) in [6, 6.07) is 17.9. The van der Waals surface area contributed by atoms with Gasteiger partial charge in [-0.1, -0.05) is 54.1 Å². The second-order valence-electron chi connectivity index (χ2n) is 8.06. The van der Waals surface area contributed by atoms with Gasteiger partial charge in [-0.2, -0.15) is 0 Å². The maximum absolute atomic E-state index is 15.2. The number of hydrogen-bond donors (Lipinski definition) is 1. The number of nitrogens with zero attached hydrogens (tertiary/aromatic N) is 1. The van der Waals surface area contributed by atoms with Gasteiger partial charge in [-0.3, -0.25) is 0 Å². The summed E-state index contributed by atoms with van der Waals surface area (Å²) in [5.41, 5.74) is 0.925. The number of nitrogens with one attached hydrogen (secondary N) is 1. The minimum Gasteiger partial charge on any atom is -0.445 e. The van der Waals surface area contributed by atoms with E-state index in [1.807, 2.05) is 30.3 Å². The minimum atomic E-state index is -1.27. The number of rotatable bonds is 6. The Kier molecular flexibility index (Phi) is 6.07. The molecule has 0 bridgehead atoms. The first kappa shape index (κ1) is 20.2. The van der Waals surface area contributed by atoms with Crippen molar-refractivity contribution in [3.8, 4) is 0 Å². The minimum absolute atomic E-state index is 0.192. The second-order valence-corrected chi connectivity index (χ2v) is 8.50. The van der Waals surface area contributed by atoms with Gasteiger partial charge in [0.1, 0.15) is 12.3 Å². The number of amides is 1. The van der Waals surface area contributed by atoms with E-state index in [1.54, 1.807) is 17.0 Å². The van der Waals surface area contributed by atoms with E-state index >= 15 is 4.39 Å². The first-order valence-electron chi connectivity index (χ1n) is 10.2. The Balaban J connectivity index is 1.18. The molecule has 2 aromatic carbocycles. The van der Waals surface area contributed by atoms with E-state index in [9.17, 15) is 4.79 Å². The van der Waals surface area contributed by atoms with Gasteiger partial charge in [0, 0.05) is 49.5 Å². The predicted molar refractivity (Wildman–Crippen MR) is 112 cm³/mol. The van der Waals surface area contributed by atoms with Gasteiger partial charge >= 0.3 is 6.09 Å². The Morgan fingerprint density at radius 1 is 1.14 bits per heavy atom. The number of ether oxygens (including phenoxy) is 1. The molecule has 154 valence electrons. The third kappa shape index (κ3) is 5.28. The average Bonchev–Trinajstić information content (AvgIpc) is 3.53. The van der Waals surface area contributed by atoms with Gasteiger partial charge in [0.05, 0.1) is 0 Å². The molecule has 29 heavy (non-hydrogen) atoms. The van der Waals surface area contributed by atoms with Crippen LogP contribution in [0.25, 0.3) is 0 Å². The van der Waals surface area contributed by atoms with Crippen LogP contribution in [-0.4, -0.2) is 42.3 Å². The van der Waals surface area contributed by atoms with Gasteiger partial charge in [-0.15, -0.1) is 0 Å². The van der Waals surface area contributed by atoms with Crippen molar-refractivity contribution < 1.29 is 13.9 Å². The largest absolute Gasteiger partial charge is 0.445 e. The lowest BCUT2D eigenvalue weighted by Crippen LogP contribution is -2.49. The molecule has 0 radical (unpaired) electrons. The zero-order valence-corrected chi connectivity index (χ0v) is 17.1. The monoisotopic (exact) mass is 416 g/mol. The third-order valence-corrected chi connectivity index (χ3v) is 6.14. The molecule has 6 heteroatoms. The number of piperidine rings is 1. The van der Waals surface area contributed by atoms with Gasteiger partial charge in [0.2, 0.25) is 0 Å². The van der Waals surface area contributed by atoms with E-state index < -0.39 is 5.67 Å². The summed E-state index contributed by atoms with van der Waals surface area (Å²) >= 11 is 5.85. The molecule has 1 heterocycles. The van der Waals surface area contributed by atoms with Crippen LogP contribution in [0, 0.1) is 0 Å². The highest BCUT2D eigenvalue weighted by Gasteiger charge is 2.42. The predicted octanol–water partition coefficient (Wildman–Crippen LogP) is 4.93. The molecule has 1 saturated heterocycles. The van der Waals surface area contributed by atoms with Crippen molar-refractivity contribution >= 4 is 17.7 Å². The Bertz CT molecular complexity index is 823. The van der Waals surface area contributed by atoms with Crippen LogP contribution in [-0.2, 0) is 11.3 Å². The van der Waals surface area contributed by atoms with E-state index in [0.717, 1.165) is 12.0 Å². The van der Waals surface area contributed by atoms with Crippen molar-refractivity contribution in [1.82, 2.24) is 10.2 Å². The number of alkyl halides is 1. The molecule has 0 spiro atoms. The molecule has 1 aliphatic heterocycles. The van der Waals surface area contributed by atoms with E-state index in [-0.39, 0.29) is 12.7 Å². The first-order valence-corrected chi connectivity index (χ1v) is 10.5. The summed E-state index contributed by atoms with van der Waals surface area (Å²) < 4.78 is 20.5. The summed E-state index contributed by atoms with van der Waals surface area (Å²) in [4.78, 5) is 13.9. The Morgan fingerprint density at radius 3 is 2.52 bits per heavy atom.